The molecule has 1 N–H and O–H groups in total. The number of rotatable bonds is 1. The zero-order chi connectivity index (χ0) is 10.8. The first-order chi connectivity index (χ1) is 7.16. The Morgan fingerprint density at radius 3 is 2.80 bits per heavy atom. The van der Waals surface area contributed by atoms with Crippen LogP contribution >= 0.6 is 0 Å². The Morgan fingerprint density at radius 2 is 2.13 bits per heavy atom. The molecule has 1 heterocycles. The van der Waals surface area contributed by atoms with E-state index < -0.39 is 0 Å². The lowest BCUT2D eigenvalue weighted by atomic mass is 9.95. The normalized spacial score (nSPS) is 26.6. The topological polar surface area (TPSA) is 29.5 Å². The van der Waals surface area contributed by atoms with Crippen LogP contribution in [-0.4, -0.2) is 17.8 Å². The van der Waals surface area contributed by atoms with Crippen LogP contribution < -0.4 is 0 Å². The molecule has 1 aliphatic heterocycles. The molecule has 15 heavy (non-hydrogen) atoms. The molecule has 0 amide bonds. The van der Waals surface area contributed by atoms with Crippen molar-refractivity contribution in [3.63, 3.8) is 0 Å². The van der Waals surface area contributed by atoms with Crippen molar-refractivity contribution in [3.05, 3.63) is 34.9 Å². The van der Waals surface area contributed by atoms with Gasteiger partial charge in [-0.15, -0.1) is 0 Å². The Hall–Kier alpha value is -0.860. The summed E-state index contributed by atoms with van der Waals surface area (Å²) in [4.78, 5) is 0. The van der Waals surface area contributed by atoms with Crippen molar-refractivity contribution in [2.75, 3.05) is 6.61 Å². The van der Waals surface area contributed by atoms with Crippen LogP contribution in [0, 0.1) is 13.8 Å². The third kappa shape index (κ3) is 2.39. The van der Waals surface area contributed by atoms with Crippen LogP contribution in [0.2, 0.25) is 0 Å². The maximum Gasteiger partial charge on any atom is 0.0852 e. The van der Waals surface area contributed by atoms with Gasteiger partial charge in [0.1, 0.15) is 0 Å². The highest BCUT2D eigenvalue weighted by Crippen LogP contribution is 2.30. The largest absolute Gasteiger partial charge is 0.393 e. The number of hydrogen-bond donors (Lipinski definition) is 1. The van der Waals surface area contributed by atoms with Crippen LogP contribution in [0.5, 0.6) is 0 Å². The summed E-state index contributed by atoms with van der Waals surface area (Å²) in [5.41, 5.74) is 3.75. The first kappa shape index (κ1) is 10.7. The highest BCUT2D eigenvalue weighted by molar-refractivity contribution is 5.32. The van der Waals surface area contributed by atoms with Gasteiger partial charge in [0.25, 0.3) is 0 Å². The zero-order valence-electron chi connectivity index (χ0n) is 9.36. The van der Waals surface area contributed by atoms with E-state index in [0.29, 0.717) is 6.61 Å². The fourth-order valence-electron chi connectivity index (χ4n) is 2.18. The van der Waals surface area contributed by atoms with Gasteiger partial charge in [-0.2, -0.15) is 0 Å². The Labute approximate surface area is 90.9 Å². The highest BCUT2D eigenvalue weighted by Gasteiger charge is 2.23. The van der Waals surface area contributed by atoms with Crippen molar-refractivity contribution in [2.24, 2.45) is 0 Å². The maximum absolute atomic E-state index is 9.61. The molecule has 1 fully saturated rings. The monoisotopic (exact) mass is 206 g/mol. The van der Waals surface area contributed by atoms with E-state index in [1.165, 1.54) is 16.7 Å². The van der Waals surface area contributed by atoms with Crippen molar-refractivity contribution in [2.45, 2.75) is 38.9 Å². The Kier molecular flexibility index (Phi) is 3.08. The Morgan fingerprint density at radius 1 is 1.33 bits per heavy atom. The molecule has 0 aromatic heterocycles. The number of aliphatic hydroxyl groups excluding tert-OH is 1. The van der Waals surface area contributed by atoms with Gasteiger partial charge in [-0.3, -0.25) is 0 Å². The molecule has 0 spiro atoms. The predicted molar refractivity (Wildman–Crippen MR) is 59.8 cm³/mol. The third-order valence-corrected chi connectivity index (χ3v) is 3.03. The second-order valence-corrected chi connectivity index (χ2v) is 4.40. The van der Waals surface area contributed by atoms with Crippen LogP contribution in [0.4, 0.5) is 0 Å². The number of ether oxygens (including phenoxy) is 1. The number of aryl methyl sites for hydroxylation is 2. The van der Waals surface area contributed by atoms with Gasteiger partial charge in [0.15, 0.2) is 0 Å². The minimum absolute atomic E-state index is 0.0781. The van der Waals surface area contributed by atoms with Crippen LogP contribution in [0.1, 0.15) is 35.6 Å². The number of benzene rings is 1. The molecule has 0 bridgehead atoms. The molecule has 1 aromatic rings. The Bertz CT molecular complexity index is 346. The molecule has 2 unspecified atom stereocenters. The maximum atomic E-state index is 9.61. The van der Waals surface area contributed by atoms with Crippen LogP contribution in [0.25, 0.3) is 0 Å². The molecule has 1 saturated heterocycles. The van der Waals surface area contributed by atoms with E-state index in [-0.39, 0.29) is 12.2 Å². The van der Waals surface area contributed by atoms with Gasteiger partial charge in [-0.05, 0) is 31.4 Å². The van der Waals surface area contributed by atoms with Crippen molar-refractivity contribution < 1.29 is 9.84 Å². The molecule has 0 aliphatic carbocycles. The van der Waals surface area contributed by atoms with E-state index in [4.69, 9.17) is 4.74 Å². The van der Waals surface area contributed by atoms with E-state index in [1.54, 1.807) is 0 Å². The summed E-state index contributed by atoms with van der Waals surface area (Å²) in [7, 11) is 0. The lowest BCUT2D eigenvalue weighted by molar-refractivity contribution is -0.0450. The summed E-state index contributed by atoms with van der Waals surface area (Å²) in [5.74, 6) is 0. The molecule has 82 valence electrons. The van der Waals surface area contributed by atoms with Crippen LogP contribution in [0.15, 0.2) is 18.2 Å². The Balaban J connectivity index is 2.21. The summed E-state index contributed by atoms with van der Waals surface area (Å²) in [6.07, 6.45) is 1.37. The summed E-state index contributed by atoms with van der Waals surface area (Å²) in [6, 6.07) is 6.39. The quantitative estimate of drug-likeness (QED) is 0.765. The molecule has 2 rings (SSSR count). The van der Waals surface area contributed by atoms with Crippen molar-refractivity contribution in [3.8, 4) is 0 Å². The molecular formula is C13H18O2. The van der Waals surface area contributed by atoms with Gasteiger partial charge in [0.05, 0.1) is 12.2 Å². The minimum atomic E-state index is -0.204. The average Bonchev–Trinajstić information content (AvgIpc) is 2.17. The minimum Gasteiger partial charge on any atom is -0.393 e. The lowest BCUT2D eigenvalue weighted by Gasteiger charge is -2.28. The number of aliphatic hydroxyl groups is 1. The SMILES string of the molecule is Cc1ccc(C2CC(O)CCO2)c(C)c1. The van der Waals surface area contributed by atoms with Crippen LogP contribution in [0.3, 0.4) is 0 Å². The fraction of sp³-hybridized carbons (Fsp3) is 0.538. The van der Waals surface area contributed by atoms with Gasteiger partial charge in [-0.1, -0.05) is 23.8 Å². The van der Waals surface area contributed by atoms with E-state index in [1.807, 2.05) is 0 Å². The predicted octanol–water partition coefficient (Wildman–Crippen LogP) is 2.52. The molecule has 1 aliphatic rings. The molecule has 0 saturated carbocycles. The van der Waals surface area contributed by atoms with Crippen molar-refractivity contribution in [1.29, 1.82) is 0 Å². The summed E-state index contributed by atoms with van der Waals surface area (Å²) in [6.45, 7) is 4.86. The molecule has 1 aromatic carbocycles. The summed E-state index contributed by atoms with van der Waals surface area (Å²) in [5, 5.41) is 9.61. The van der Waals surface area contributed by atoms with Gasteiger partial charge in [-0.25, -0.2) is 0 Å². The van der Waals surface area contributed by atoms with E-state index in [9.17, 15) is 5.11 Å². The molecule has 2 heteroatoms. The molecule has 2 atom stereocenters. The molecule has 2 nitrogen and oxygen atoms in total. The lowest BCUT2D eigenvalue weighted by Crippen LogP contribution is -2.23. The van der Waals surface area contributed by atoms with Crippen molar-refractivity contribution >= 4 is 0 Å². The smallest absolute Gasteiger partial charge is 0.0852 e. The van der Waals surface area contributed by atoms with Gasteiger partial charge >= 0.3 is 0 Å². The second-order valence-electron chi connectivity index (χ2n) is 4.40. The van der Waals surface area contributed by atoms with Crippen LogP contribution in [-0.2, 0) is 4.74 Å². The summed E-state index contributed by atoms with van der Waals surface area (Å²) >= 11 is 0. The highest BCUT2D eigenvalue weighted by atomic mass is 16.5. The van der Waals surface area contributed by atoms with E-state index >= 15 is 0 Å². The first-order valence-electron chi connectivity index (χ1n) is 5.53. The average molecular weight is 206 g/mol. The second kappa shape index (κ2) is 4.33. The van der Waals surface area contributed by atoms with E-state index in [0.717, 1.165) is 12.8 Å². The number of hydrogen-bond acceptors (Lipinski definition) is 2. The molecule has 0 radical (unpaired) electrons. The fourth-order valence-corrected chi connectivity index (χ4v) is 2.18. The van der Waals surface area contributed by atoms with Gasteiger partial charge in [0.2, 0.25) is 0 Å². The van der Waals surface area contributed by atoms with Gasteiger partial charge in [0, 0.05) is 13.0 Å². The zero-order valence-corrected chi connectivity index (χ0v) is 9.36. The molecular weight excluding hydrogens is 188 g/mol. The van der Waals surface area contributed by atoms with Gasteiger partial charge < -0.3 is 9.84 Å². The van der Waals surface area contributed by atoms with Crippen molar-refractivity contribution in [1.82, 2.24) is 0 Å². The van der Waals surface area contributed by atoms with E-state index in [2.05, 4.69) is 32.0 Å². The standard InChI is InChI=1S/C13H18O2/c1-9-3-4-12(10(2)7-9)13-8-11(14)5-6-15-13/h3-4,7,11,13-14H,5-6,8H2,1-2H3. The first-order valence-corrected chi connectivity index (χ1v) is 5.53. The summed E-state index contributed by atoms with van der Waals surface area (Å²) < 4.78 is 5.70. The third-order valence-electron chi connectivity index (χ3n) is 3.03.